The number of hydrogen-bond acceptors (Lipinski definition) is 5. The molecule has 0 saturated carbocycles. The van der Waals surface area contributed by atoms with Crippen LogP contribution in [0, 0.1) is 0 Å². The summed E-state index contributed by atoms with van der Waals surface area (Å²) in [6, 6.07) is 0. The van der Waals surface area contributed by atoms with Crippen molar-refractivity contribution in [3.05, 3.63) is 10.6 Å². The Hall–Kier alpha value is -0.810. The normalized spacial score (nSPS) is 10.5. The van der Waals surface area contributed by atoms with Gasteiger partial charge in [0.1, 0.15) is 11.5 Å². The van der Waals surface area contributed by atoms with Crippen LogP contribution >= 0.6 is 11.5 Å². The van der Waals surface area contributed by atoms with Crippen molar-refractivity contribution in [1.82, 2.24) is 9.59 Å². The van der Waals surface area contributed by atoms with Crippen molar-refractivity contribution < 1.29 is 9.53 Å². The summed E-state index contributed by atoms with van der Waals surface area (Å²) in [5.41, 5.74) is 0.813. The minimum Gasteiger partial charge on any atom is -0.373 e. The van der Waals surface area contributed by atoms with E-state index in [1.807, 2.05) is 6.92 Å². The smallest absolute Gasteiger partial charge is 0.201 e. The summed E-state index contributed by atoms with van der Waals surface area (Å²) < 4.78 is 9.01. The van der Waals surface area contributed by atoms with Gasteiger partial charge in [0.25, 0.3) is 0 Å². The van der Waals surface area contributed by atoms with Crippen molar-refractivity contribution in [2.75, 3.05) is 13.2 Å². The van der Waals surface area contributed by atoms with Gasteiger partial charge in [-0.15, -0.1) is 5.10 Å². The van der Waals surface area contributed by atoms with E-state index in [0.717, 1.165) is 36.5 Å². The summed E-state index contributed by atoms with van der Waals surface area (Å²) in [4.78, 5) is 12.3. The molecule has 0 amide bonds. The quantitative estimate of drug-likeness (QED) is 0.529. The van der Waals surface area contributed by atoms with Gasteiger partial charge in [-0.1, -0.05) is 24.8 Å². The lowest BCUT2D eigenvalue weighted by Gasteiger charge is -2.00. The lowest BCUT2D eigenvalue weighted by molar-refractivity contribution is 0.0764. The number of aryl methyl sites for hydroxylation is 1. The van der Waals surface area contributed by atoms with Crippen LogP contribution in [0.25, 0.3) is 0 Å². The van der Waals surface area contributed by atoms with Gasteiger partial charge in [0, 0.05) is 6.61 Å². The number of nitrogens with zero attached hydrogens (tertiary/aromatic N) is 2. The first-order valence-electron chi connectivity index (χ1n) is 5.21. The summed E-state index contributed by atoms with van der Waals surface area (Å²) >= 11 is 1.16. The van der Waals surface area contributed by atoms with E-state index in [0.29, 0.717) is 11.5 Å². The molecule has 1 aromatic heterocycles. The summed E-state index contributed by atoms with van der Waals surface area (Å²) in [5, 5.41) is 3.95. The molecule has 4 nitrogen and oxygen atoms in total. The van der Waals surface area contributed by atoms with Crippen LogP contribution in [0.1, 0.15) is 42.1 Å². The van der Waals surface area contributed by atoms with Gasteiger partial charge in [-0.3, -0.25) is 4.79 Å². The Balaban J connectivity index is 2.53. The number of Topliss-reactive ketones (excluding diaryl/α,β-unsaturated/α-hetero) is 1. The second kappa shape index (κ2) is 6.63. The van der Waals surface area contributed by atoms with E-state index in [9.17, 15) is 4.79 Å². The van der Waals surface area contributed by atoms with Crippen LogP contribution in [0.5, 0.6) is 0 Å². The fourth-order valence-corrected chi connectivity index (χ4v) is 1.83. The minimum atomic E-state index is 0.00176. The Morgan fingerprint density at radius 3 is 2.87 bits per heavy atom. The lowest BCUT2D eigenvalue weighted by Crippen LogP contribution is -2.10. The summed E-state index contributed by atoms with van der Waals surface area (Å²) in [6.45, 7) is 4.85. The Morgan fingerprint density at radius 1 is 1.40 bits per heavy atom. The highest BCUT2D eigenvalue weighted by atomic mass is 32.1. The molecule has 0 atom stereocenters. The van der Waals surface area contributed by atoms with Gasteiger partial charge >= 0.3 is 0 Å². The van der Waals surface area contributed by atoms with Crippen LogP contribution in [0.3, 0.4) is 0 Å². The van der Waals surface area contributed by atoms with Gasteiger partial charge < -0.3 is 4.74 Å². The molecule has 15 heavy (non-hydrogen) atoms. The van der Waals surface area contributed by atoms with E-state index in [1.54, 1.807) is 0 Å². The number of carbonyl (C=O) groups excluding carboxylic acids is 1. The Morgan fingerprint density at radius 2 is 2.20 bits per heavy atom. The number of hydrogen-bond donors (Lipinski definition) is 0. The highest BCUT2D eigenvalue weighted by molar-refractivity contribution is 7.08. The molecule has 1 aromatic rings. The zero-order valence-corrected chi connectivity index (χ0v) is 9.97. The van der Waals surface area contributed by atoms with Crippen LogP contribution < -0.4 is 0 Å². The largest absolute Gasteiger partial charge is 0.373 e. The number of carbonyl (C=O) groups is 1. The molecule has 0 aliphatic carbocycles. The molecular formula is C10H16N2O2S. The molecule has 0 aromatic carbocycles. The SMILES string of the molecule is CCCOCC(=O)c1snnc1CCC. The maximum absolute atomic E-state index is 11.7. The predicted octanol–water partition coefficient (Wildman–Crippen LogP) is 2.10. The maximum Gasteiger partial charge on any atom is 0.201 e. The number of ketones is 1. The van der Waals surface area contributed by atoms with Crippen molar-refractivity contribution in [2.24, 2.45) is 0 Å². The molecule has 1 heterocycles. The fourth-order valence-electron chi connectivity index (χ4n) is 1.20. The molecule has 0 aliphatic heterocycles. The van der Waals surface area contributed by atoms with E-state index < -0.39 is 0 Å². The van der Waals surface area contributed by atoms with Crippen molar-refractivity contribution >= 4 is 17.3 Å². The zero-order chi connectivity index (χ0) is 11.1. The third kappa shape index (κ3) is 3.68. The van der Waals surface area contributed by atoms with Crippen LogP contribution in [0.15, 0.2) is 0 Å². The average Bonchev–Trinajstić information content (AvgIpc) is 2.67. The molecule has 0 unspecified atom stereocenters. The topological polar surface area (TPSA) is 52.1 Å². The van der Waals surface area contributed by atoms with Crippen molar-refractivity contribution in [2.45, 2.75) is 33.1 Å². The minimum absolute atomic E-state index is 0.00176. The first-order chi connectivity index (χ1) is 7.29. The van der Waals surface area contributed by atoms with Crippen molar-refractivity contribution in [3.8, 4) is 0 Å². The average molecular weight is 228 g/mol. The molecule has 0 N–H and O–H groups in total. The van der Waals surface area contributed by atoms with Gasteiger partial charge in [0.2, 0.25) is 5.78 Å². The number of ether oxygens (including phenoxy) is 1. The summed E-state index contributed by atoms with van der Waals surface area (Å²) in [7, 11) is 0. The van der Waals surface area contributed by atoms with E-state index >= 15 is 0 Å². The van der Waals surface area contributed by atoms with E-state index in [-0.39, 0.29) is 12.4 Å². The maximum atomic E-state index is 11.7. The third-order valence-corrected chi connectivity index (χ3v) is 2.69. The summed E-state index contributed by atoms with van der Waals surface area (Å²) in [6.07, 6.45) is 2.71. The second-order valence-electron chi connectivity index (χ2n) is 3.27. The van der Waals surface area contributed by atoms with E-state index in [1.165, 1.54) is 0 Å². The number of aromatic nitrogens is 2. The second-order valence-corrected chi connectivity index (χ2v) is 4.03. The standard InChI is InChI=1S/C10H16N2O2S/c1-3-5-8-10(15-12-11-8)9(13)7-14-6-4-2/h3-7H2,1-2H3. The van der Waals surface area contributed by atoms with Crippen LogP contribution in [0.4, 0.5) is 0 Å². The Kier molecular flexibility index (Phi) is 5.42. The van der Waals surface area contributed by atoms with Crippen LogP contribution in [0.2, 0.25) is 0 Å². The van der Waals surface area contributed by atoms with Crippen LogP contribution in [-0.2, 0) is 11.2 Å². The molecule has 0 aliphatic rings. The van der Waals surface area contributed by atoms with Crippen molar-refractivity contribution in [1.29, 1.82) is 0 Å². The van der Waals surface area contributed by atoms with Gasteiger partial charge in [-0.05, 0) is 24.4 Å². The molecule has 0 saturated heterocycles. The summed E-state index contributed by atoms with van der Waals surface area (Å²) in [5.74, 6) is 0.00176. The lowest BCUT2D eigenvalue weighted by atomic mass is 10.2. The van der Waals surface area contributed by atoms with Gasteiger partial charge in [0.15, 0.2) is 0 Å². The Labute approximate surface area is 93.8 Å². The van der Waals surface area contributed by atoms with Gasteiger partial charge in [-0.2, -0.15) is 0 Å². The fraction of sp³-hybridized carbons (Fsp3) is 0.700. The molecule has 1 rings (SSSR count). The van der Waals surface area contributed by atoms with Crippen molar-refractivity contribution in [3.63, 3.8) is 0 Å². The predicted molar refractivity (Wildman–Crippen MR) is 59.3 cm³/mol. The van der Waals surface area contributed by atoms with Gasteiger partial charge in [0.05, 0.1) is 5.69 Å². The monoisotopic (exact) mass is 228 g/mol. The van der Waals surface area contributed by atoms with Crippen LogP contribution in [-0.4, -0.2) is 28.6 Å². The molecule has 84 valence electrons. The molecular weight excluding hydrogens is 212 g/mol. The third-order valence-electron chi connectivity index (χ3n) is 1.88. The van der Waals surface area contributed by atoms with Gasteiger partial charge in [-0.25, -0.2) is 0 Å². The number of rotatable bonds is 7. The molecule has 0 fully saturated rings. The van der Waals surface area contributed by atoms with E-state index in [2.05, 4.69) is 16.5 Å². The molecule has 0 spiro atoms. The highest BCUT2D eigenvalue weighted by Gasteiger charge is 2.15. The highest BCUT2D eigenvalue weighted by Crippen LogP contribution is 2.13. The Bertz CT molecular complexity index is 312. The van der Waals surface area contributed by atoms with E-state index in [4.69, 9.17) is 4.74 Å². The first-order valence-corrected chi connectivity index (χ1v) is 5.99. The molecule has 0 bridgehead atoms. The molecule has 0 radical (unpaired) electrons. The molecule has 5 heteroatoms. The zero-order valence-electron chi connectivity index (χ0n) is 9.15. The first kappa shape index (κ1) is 12.3.